The monoisotopic (exact) mass is 271 g/mol. The van der Waals surface area contributed by atoms with Gasteiger partial charge in [-0.05, 0) is 25.1 Å². The maximum absolute atomic E-state index is 13.5. The van der Waals surface area contributed by atoms with E-state index in [1.54, 1.807) is 6.92 Å². The molecule has 0 saturated heterocycles. The first-order valence-corrected chi connectivity index (χ1v) is 5.73. The summed E-state index contributed by atoms with van der Waals surface area (Å²) in [6, 6.07) is 3.64. The van der Waals surface area contributed by atoms with Gasteiger partial charge in [-0.1, -0.05) is 0 Å². The fourth-order valence-electron chi connectivity index (χ4n) is 1.67. The van der Waals surface area contributed by atoms with Crippen molar-refractivity contribution in [1.82, 2.24) is 5.32 Å². The number of carbonyl (C=O) groups is 1. The average molecular weight is 271 g/mol. The highest BCUT2D eigenvalue weighted by Gasteiger charge is 2.19. The van der Waals surface area contributed by atoms with Crippen LogP contribution < -0.4 is 10.1 Å². The van der Waals surface area contributed by atoms with Crippen molar-refractivity contribution in [3.8, 4) is 5.75 Å². The molecule has 0 aliphatic heterocycles. The number of nitrogens with one attached hydrogen (secondary N) is 1. The van der Waals surface area contributed by atoms with E-state index in [0.717, 1.165) is 6.07 Å². The number of amides is 1. The molecule has 106 valence electrons. The molecule has 0 heterocycles. The summed E-state index contributed by atoms with van der Waals surface area (Å²) in [5.41, 5.74) is 0.205. The summed E-state index contributed by atoms with van der Waals surface area (Å²) in [6.07, 6.45) is -0.563. The van der Waals surface area contributed by atoms with Crippen molar-refractivity contribution in [1.29, 1.82) is 0 Å². The van der Waals surface area contributed by atoms with Crippen LogP contribution in [0.5, 0.6) is 5.75 Å². The molecule has 0 saturated carbocycles. The zero-order chi connectivity index (χ0) is 14.4. The van der Waals surface area contributed by atoms with Crippen molar-refractivity contribution < 1.29 is 23.4 Å². The standard InChI is InChI=1S/C13H18FNO4/c1-8(13(18-3)19-4)15-12(16)9-5-6-11(17-2)10(14)7-9/h5-8,13H,1-4H3,(H,15,16). The average Bonchev–Trinajstić information content (AvgIpc) is 2.39. The molecule has 0 aliphatic rings. The van der Waals surface area contributed by atoms with Gasteiger partial charge in [-0.2, -0.15) is 0 Å². The van der Waals surface area contributed by atoms with E-state index < -0.39 is 18.0 Å². The van der Waals surface area contributed by atoms with Crippen LogP contribution in [0.4, 0.5) is 4.39 Å². The van der Waals surface area contributed by atoms with Crippen LogP contribution in [0.1, 0.15) is 17.3 Å². The SMILES string of the molecule is COc1ccc(C(=O)NC(C)C(OC)OC)cc1F. The minimum Gasteiger partial charge on any atom is -0.494 e. The predicted molar refractivity (Wildman–Crippen MR) is 67.7 cm³/mol. The topological polar surface area (TPSA) is 56.8 Å². The van der Waals surface area contributed by atoms with Crippen LogP contribution in [0.25, 0.3) is 0 Å². The lowest BCUT2D eigenvalue weighted by molar-refractivity contribution is -0.117. The Hall–Kier alpha value is -1.66. The Balaban J connectivity index is 2.75. The Morgan fingerprint density at radius 1 is 1.26 bits per heavy atom. The van der Waals surface area contributed by atoms with Gasteiger partial charge in [0.15, 0.2) is 17.9 Å². The van der Waals surface area contributed by atoms with Gasteiger partial charge in [-0.15, -0.1) is 0 Å². The van der Waals surface area contributed by atoms with Gasteiger partial charge in [0, 0.05) is 19.8 Å². The number of hydrogen-bond acceptors (Lipinski definition) is 4. The summed E-state index contributed by atoms with van der Waals surface area (Å²) >= 11 is 0. The van der Waals surface area contributed by atoms with Crippen LogP contribution in [0.3, 0.4) is 0 Å². The molecule has 0 aromatic heterocycles. The molecule has 0 fully saturated rings. The largest absolute Gasteiger partial charge is 0.494 e. The molecule has 0 aliphatic carbocycles. The third kappa shape index (κ3) is 3.90. The van der Waals surface area contributed by atoms with Crippen molar-refractivity contribution in [3.63, 3.8) is 0 Å². The molecule has 19 heavy (non-hydrogen) atoms. The quantitative estimate of drug-likeness (QED) is 0.798. The number of benzene rings is 1. The van der Waals surface area contributed by atoms with Crippen LogP contribution in [0, 0.1) is 5.82 Å². The lowest BCUT2D eigenvalue weighted by Gasteiger charge is -2.22. The molecule has 0 bridgehead atoms. The molecule has 1 aromatic rings. The van der Waals surface area contributed by atoms with Crippen LogP contribution in [-0.2, 0) is 9.47 Å². The van der Waals surface area contributed by atoms with Crippen LogP contribution in [0.2, 0.25) is 0 Å². The van der Waals surface area contributed by atoms with Gasteiger partial charge in [0.05, 0.1) is 13.2 Å². The molecule has 6 heteroatoms. The second kappa shape index (κ2) is 7.06. The molecule has 1 rings (SSSR count). The smallest absolute Gasteiger partial charge is 0.251 e. The van der Waals surface area contributed by atoms with Crippen molar-refractivity contribution in [3.05, 3.63) is 29.6 Å². The van der Waals surface area contributed by atoms with Gasteiger partial charge in [0.2, 0.25) is 0 Å². The number of methoxy groups -OCH3 is 3. The number of ether oxygens (including phenoxy) is 3. The lowest BCUT2D eigenvalue weighted by Crippen LogP contribution is -2.42. The maximum Gasteiger partial charge on any atom is 0.251 e. The van der Waals surface area contributed by atoms with E-state index in [-0.39, 0.29) is 17.4 Å². The summed E-state index contributed by atoms with van der Waals surface area (Å²) < 4.78 is 28.3. The molecular weight excluding hydrogens is 253 g/mol. The van der Waals surface area contributed by atoms with Crippen LogP contribution in [0.15, 0.2) is 18.2 Å². The van der Waals surface area contributed by atoms with Crippen molar-refractivity contribution in [2.75, 3.05) is 21.3 Å². The zero-order valence-corrected chi connectivity index (χ0v) is 11.4. The second-order valence-corrected chi connectivity index (χ2v) is 3.95. The summed E-state index contributed by atoms with van der Waals surface area (Å²) in [6.45, 7) is 1.73. The predicted octanol–water partition coefficient (Wildman–Crippen LogP) is 1.57. The summed E-state index contributed by atoms with van der Waals surface area (Å²) in [7, 11) is 4.32. The highest BCUT2D eigenvalue weighted by molar-refractivity contribution is 5.94. The summed E-state index contributed by atoms with van der Waals surface area (Å²) in [5, 5.41) is 2.67. The van der Waals surface area contributed by atoms with E-state index in [4.69, 9.17) is 14.2 Å². The first kappa shape index (κ1) is 15.4. The number of halogens is 1. The molecule has 1 unspecified atom stereocenters. The van der Waals surface area contributed by atoms with Crippen molar-refractivity contribution in [2.24, 2.45) is 0 Å². The normalized spacial score (nSPS) is 12.3. The first-order chi connectivity index (χ1) is 9.03. The van der Waals surface area contributed by atoms with Crippen LogP contribution >= 0.6 is 0 Å². The van der Waals surface area contributed by atoms with E-state index in [2.05, 4.69) is 5.32 Å². The van der Waals surface area contributed by atoms with E-state index in [0.29, 0.717) is 0 Å². The third-order valence-corrected chi connectivity index (χ3v) is 2.65. The molecule has 1 amide bonds. The highest BCUT2D eigenvalue weighted by atomic mass is 19.1. The Labute approximate surface area is 111 Å². The van der Waals surface area contributed by atoms with Crippen molar-refractivity contribution in [2.45, 2.75) is 19.3 Å². The fraction of sp³-hybridized carbons (Fsp3) is 0.462. The molecule has 1 atom stereocenters. The molecule has 1 N–H and O–H groups in total. The van der Waals surface area contributed by atoms with Gasteiger partial charge in [-0.3, -0.25) is 4.79 Å². The first-order valence-electron chi connectivity index (χ1n) is 5.73. The lowest BCUT2D eigenvalue weighted by atomic mass is 10.2. The van der Waals surface area contributed by atoms with Gasteiger partial charge >= 0.3 is 0 Å². The third-order valence-electron chi connectivity index (χ3n) is 2.65. The number of carbonyl (C=O) groups excluding carboxylic acids is 1. The maximum atomic E-state index is 13.5. The van der Waals surface area contributed by atoms with E-state index in [9.17, 15) is 9.18 Å². The Bertz CT molecular complexity index is 435. The van der Waals surface area contributed by atoms with Gasteiger partial charge < -0.3 is 19.5 Å². The Morgan fingerprint density at radius 2 is 1.89 bits per heavy atom. The highest BCUT2D eigenvalue weighted by Crippen LogP contribution is 2.17. The molecule has 0 radical (unpaired) electrons. The molecule has 0 spiro atoms. The Morgan fingerprint density at radius 3 is 2.37 bits per heavy atom. The van der Waals surface area contributed by atoms with Gasteiger partial charge in [0.1, 0.15) is 0 Å². The van der Waals surface area contributed by atoms with Gasteiger partial charge in [-0.25, -0.2) is 4.39 Å². The molecule has 5 nitrogen and oxygen atoms in total. The summed E-state index contributed by atoms with van der Waals surface area (Å²) in [5.74, 6) is -0.901. The van der Waals surface area contributed by atoms with Crippen molar-refractivity contribution >= 4 is 5.91 Å². The number of hydrogen-bond donors (Lipinski definition) is 1. The minimum absolute atomic E-state index is 0.0938. The van der Waals surface area contributed by atoms with Gasteiger partial charge in [0.25, 0.3) is 5.91 Å². The second-order valence-electron chi connectivity index (χ2n) is 3.95. The van der Waals surface area contributed by atoms with E-state index >= 15 is 0 Å². The Kier molecular flexibility index (Phi) is 5.72. The minimum atomic E-state index is -0.585. The fourth-order valence-corrected chi connectivity index (χ4v) is 1.67. The van der Waals surface area contributed by atoms with E-state index in [1.165, 1.54) is 33.5 Å². The zero-order valence-electron chi connectivity index (χ0n) is 11.4. The van der Waals surface area contributed by atoms with Crippen LogP contribution in [-0.4, -0.2) is 39.6 Å². The molecular formula is C13H18FNO4. The molecule has 1 aromatic carbocycles. The number of rotatable bonds is 6. The van der Waals surface area contributed by atoms with E-state index in [1.807, 2.05) is 0 Å². The summed E-state index contributed by atoms with van der Waals surface area (Å²) in [4.78, 5) is 11.9.